The van der Waals surface area contributed by atoms with Gasteiger partial charge in [0.25, 0.3) is 0 Å². The van der Waals surface area contributed by atoms with Gasteiger partial charge < -0.3 is 14.6 Å². The van der Waals surface area contributed by atoms with Crippen LogP contribution >= 0.6 is 34.8 Å². The van der Waals surface area contributed by atoms with Crippen LogP contribution in [0, 0.1) is 0 Å². The van der Waals surface area contributed by atoms with E-state index in [1.807, 2.05) is 0 Å². The SMILES string of the molecule is CC(O)OCCOc1cc(Cl)c(Cl)cc1Cl. The third-order valence-corrected chi connectivity index (χ3v) is 2.69. The van der Waals surface area contributed by atoms with Gasteiger partial charge in [-0.05, 0) is 13.0 Å². The first-order valence-corrected chi connectivity index (χ1v) is 5.71. The topological polar surface area (TPSA) is 38.7 Å². The van der Waals surface area contributed by atoms with Gasteiger partial charge in [-0.2, -0.15) is 0 Å². The van der Waals surface area contributed by atoms with E-state index in [4.69, 9.17) is 49.4 Å². The largest absolute Gasteiger partial charge is 0.490 e. The Hall–Kier alpha value is -0.190. The summed E-state index contributed by atoms with van der Waals surface area (Å²) < 4.78 is 10.2. The molecule has 0 bridgehead atoms. The number of ether oxygens (including phenoxy) is 2. The number of benzene rings is 1. The number of hydrogen-bond donors (Lipinski definition) is 1. The summed E-state index contributed by atoms with van der Waals surface area (Å²) in [6.07, 6.45) is -0.812. The zero-order valence-electron chi connectivity index (χ0n) is 8.54. The molecular formula is C10H11Cl3O3. The zero-order chi connectivity index (χ0) is 12.1. The fourth-order valence-corrected chi connectivity index (χ4v) is 1.58. The lowest BCUT2D eigenvalue weighted by atomic mass is 10.3. The summed E-state index contributed by atoms with van der Waals surface area (Å²) in [5, 5.41) is 9.97. The van der Waals surface area contributed by atoms with Gasteiger partial charge in [0.1, 0.15) is 12.4 Å². The van der Waals surface area contributed by atoms with Crippen LogP contribution in [0.2, 0.25) is 15.1 Å². The third kappa shape index (κ3) is 4.36. The monoisotopic (exact) mass is 284 g/mol. The molecule has 0 aliphatic rings. The minimum absolute atomic E-state index is 0.258. The average molecular weight is 286 g/mol. The predicted molar refractivity (Wildman–Crippen MR) is 64.6 cm³/mol. The number of halogens is 3. The van der Waals surface area contributed by atoms with E-state index >= 15 is 0 Å². The molecule has 3 nitrogen and oxygen atoms in total. The minimum atomic E-state index is -0.812. The van der Waals surface area contributed by atoms with E-state index in [2.05, 4.69) is 0 Å². The second-order valence-electron chi connectivity index (χ2n) is 3.02. The molecule has 1 unspecified atom stereocenters. The van der Waals surface area contributed by atoms with E-state index in [0.717, 1.165) is 0 Å². The average Bonchev–Trinajstić information content (AvgIpc) is 2.19. The van der Waals surface area contributed by atoms with Crippen molar-refractivity contribution < 1.29 is 14.6 Å². The molecule has 0 heterocycles. The minimum Gasteiger partial charge on any atom is -0.490 e. The van der Waals surface area contributed by atoms with Crippen molar-refractivity contribution in [2.75, 3.05) is 13.2 Å². The molecule has 90 valence electrons. The maximum Gasteiger partial charge on any atom is 0.151 e. The van der Waals surface area contributed by atoms with Gasteiger partial charge in [0.15, 0.2) is 6.29 Å². The van der Waals surface area contributed by atoms with E-state index < -0.39 is 6.29 Å². The fourth-order valence-electron chi connectivity index (χ4n) is 0.985. The molecule has 0 amide bonds. The molecule has 1 rings (SSSR count). The molecule has 0 aliphatic heterocycles. The lowest BCUT2D eigenvalue weighted by molar-refractivity contribution is -0.0913. The van der Waals surface area contributed by atoms with Crippen molar-refractivity contribution in [1.29, 1.82) is 0 Å². The summed E-state index contributed by atoms with van der Waals surface area (Å²) in [5.74, 6) is 0.435. The number of aliphatic hydroxyl groups excluding tert-OH is 1. The summed E-state index contributed by atoms with van der Waals surface area (Å²) in [5.41, 5.74) is 0. The van der Waals surface area contributed by atoms with Crippen LogP contribution in [0.15, 0.2) is 12.1 Å². The van der Waals surface area contributed by atoms with Gasteiger partial charge in [-0.15, -0.1) is 0 Å². The molecule has 0 aromatic heterocycles. The molecule has 1 aromatic rings. The number of rotatable bonds is 5. The molecule has 1 aromatic carbocycles. The molecule has 16 heavy (non-hydrogen) atoms. The molecule has 0 saturated carbocycles. The van der Waals surface area contributed by atoms with Crippen LogP contribution in [0.25, 0.3) is 0 Å². The Labute approximate surface area is 109 Å². The molecular weight excluding hydrogens is 274 g/mol. The number of aliphatic hydroxyl groups is 1. The van der Waals surface area contributed by atoms with Crippen LogP contribution in [-0.4, -0.2) is 24.6 Å². The fraction of sp³-hybridized carbons (Fsp3) is 0.400. The highest BCUT2D eigenvalue weighted by Gasteiger charge is 2.07. The zero-order valence-corrected chi connectivity index (χ0v) is 10.8. The van der Waals surface area contributed by atoms with E-state index in [1.165, 1.54) is 19.1 Å². The van der Waals surface area contributed by atoms with Gasteiger partial charge >= 0.3 is 0 Å². The Morgan fingerprint density at radius 2 is 1.75 bits per heavy atom. The normalized spacial score (nSPS) is 12.6. The van der Waals surface area contributed by atoms with Gasteiger partial charge in [-0.1, -0.05) is 34.8 Å². The Morgan fingerprint density at radius 1 is 1.12 bits per heavy atom. The third-order valence-electron chi connectivity index (χ3n) is 1.67. The van der Waals surface area contributed by atoms with E-state index in [-0.39, 0.29) is 13.2 Å². The molecule has 1 atom stereocenters. The highest BCUT2D eigenvalue weighted by atomic mass is 35.5. The Morgan fingerprint density at radius 3 is 2.38 bits per heavy atom. The van der Waals surface area contributed by atoms with Crippen LogP contribution in [0.5, 0.6) is 5.75 Å². The van der Waals surface area contributed by atoms with Crippen LogP contribution in [0.4, 0.5) is 0 Å². The maximum absolute atomic E-state index is 8.84. The van der Waals surface area contributed by atoms with Gasteiger partial charge in [-0.3, -0.25) is 0 Å². The summed E-state index contributed by atoms with van der Waals surface area (Å²) in [4.78, 5) is 0. The van der Waals surface area contributed by atoms with Crippen LogP contribution < -0.4 is 4.74 Å². The highest BCUT2D eigenvalue weighted by Crippen LogP contribution is 2.33. The molecule has 0 fully saturated rings. The first kappa shape index (κ1) is 13.9. The van der Waals surface area contributed by atoms with Crippen molar-refractivity contribution in [3.05, 3.63) is 27.2 Å². The molecule has 0 aliphatic carbocycles. The van der Waals surface area contributed by atoms with Gasteiger partial charge in [0.2, 0.25) is 0 Å². The lowest BCUT2D eigenvalue weighted by Crippen LogP contribution is -2.13. The first-order chi connectivity index (χ1) is 7.50. The Bertz CT molecular complexity index is 355. The van der Waals surface area contributed by atoms with Crippen molar-refractivity contribution in [3.8, 4) is 5.75 Å². The lowest BCUT2D eigenvalue weighted by Gasteiger charge is -2.10. The molecule has 6 heteroatoms. The van der Waals surface area contributed by atoms with E-state index in [1.54, 1.807) is 0 Å². The van der Waals surface area contributed by atoms with Crippen molar-refractivity contribution in [2.24, 2.45) is 0 Å². The Balaban J connectivity index is 2.51. The molecule has 0 spiro atoms. The van der Waals surface area contributed by atoms with Gasteiger partial charge in [-0.25, -0.2) is 0 Å². The quantitative estimate of drug-likeness (QED) is 0.512. The summed E-state index contributed by atoms with van der Waals surface area (Å²) in [7, 11) is 0. The Kier molecular flexibility index (Phi) is 5.66. The highest BCUT2D eigenvalue weighted by molar-refractivity contribution is 6.43. The van der Waals surface area contributed by atoms with Crippen LogP contribution in [0.1, 0.15) is 6.92 Å². The molecule has 1 N–H and O–H groups in total. The maximum atomic E-state index is 8.84. The van der Waals surface area contributed by atoms with Gasteiger partial charge in [0.05, 0.1) is 21.7 Å². The predicted octanol–water partition coefficient (Wildman–Crippen LogP) is 3.38. The second kappa shape index (κ2) is 6.52. The summed E-state index contributed by atoms with van der Waals surface area (Å²) in [6.45, 7) is 2.04. The summed E-state index contributed by atoms with van der Waals surface area (Å²) >= 11 is 17.5. The van der Waals surface area contributed by atoms with Crippen LogP contribution in [-0.2, 0) is 4.74 Å². The molecule has 0 saturated heterocycles. The number of hydrogen-bond acceptors (Lipinski definition) is 3. The van der Waals surface area contributed by atoms with Gasteiger partial charge in [0, 0.05) is 6.07 Å². The smallest absolute Gasteiger partial charge is 0.151 e. The standard InChI is InChI=1S/C10H11Cl3O3/c1-6(14)15-2-3-16-10-5-8(12)7(11)4-9(10)13/h4-6,14H,2-3H2,1H3. The van der Waals surface area contributed by atoms with Crippen molar-refractivity contribution in [2.45, 2.75) is 13.2 Å². The second-order valence-corrected chi connectivity index (χ2v) is 4.24. The summed E-state index contributed by atoms with van der Waals surface area (Å²) in [6, 6.07) is 3.05. The van der Waals surface area contributed by atoms with Crippen molar-refractivity contribution >= 4 is 34.8 Å². The van der Waals surface area contributed by atoms with Crippen molar-refractivity contribution in [3.63, 3.8) is 0 Å². The van der Waals surface area contributed by atoms with E-state index in [9.17, 15) is 0 Å². The van der Waals surface area contributed by atoms with Crippen LogP contribution in [0.3, 0.4) is 0 Å². The van der Waals surface area contributed by atoms with E-state index in [0.29, 0.717) is 20.8 Å². The first-order valence-electron chi connectivity index (χ1n) is 4.57. The molecule has 0 radical (unpaired) electrons. The van der Waals surface area contributed by atoms with Crippen molar-refractivity contribution in [1.82, 2.24) is 0 Å².